The molecule has 1 amide bonds. The van der Waals surface area contributed by atoms with E-state index >= 15 is 0 Å². The van der Waals surface area contributed by atoms with Gasteiger partial charge in [-0.25, -0.2) is 22.2 Å². The molecule has 0 saturated heterocycles. The zero-order valence-corrected chi connectivity index (χ0v) is 18.1. The van der Waals surface area contributed by atoms with E-state index in [0.29, 0.717) is 24.0 Å². The number of hydrogen-bond acceptors (Lipinski definition) is 5. The van der Waals surface area contributed by atoms with E-state index in [1.807, 2.05) is 0 Å². The lowest BCUT2D eigenvalue weighted by molar-refractivity contribution is -0.111. The van der Waals surface area contributed by atoms with Crippen LogP contribution in [0.3, 0.4) is 0 Å². The molecule has 6 nitrogen and oxygen atoms in total. The molecule has 1 unspecified atom stereocenters. The lowest BCUT2D eigenvalue weighted by Gasteiger charge is -2.13. The molecule has 2 aliphatic carbocycles. The number of anilines is 1. The van der Waals surface area contributed by atoms with Crippen molar-refractivity contribution in [2.24, 2.45) is 5.92 Å². The summed E-state index contributed by atoms with van der Waals surface area (Å²) in [6, 6.07) is 9.15. The van der Waals surface area contributed by atoms with Crippen LogP contribution in [0.25, 0.3) is 5.57 Å². The highest BCUT2D eigenvalue weighted by molar-refractivity contribution is 7.92. The van der Waals surface area contributed by atoms with Crippen LogP contribution in [0.5, 0.6) is 0 Å². The van der Waals surface area contributed by atoms with Gasteiger partial charge in [0, 0.05) is 11.8 Å². The van der Waals surface area contributed by atoms with Gasteiger partial charge in [0.15, 0.2) is 9.84 Å². The summed E-state index contributed by atoms with van der Waals surface area (Å²) in [6.45, 7) is -0.182. The molecule has 0 radical (unpaired) electrons. The zero-order valence-electron chi connectivity index (χ0n) is 17.2. The maximum absolute atomic E-state index is 13.7. The van der Waals surface area contributed by atoms with E-state index in [4.69, 9.17) is 5.11 Å². The van der Waals surface area contributed by atoms with E-state index in [1.54, 1.807) is 12.1 Å². The molecular formula is C23H24F2N2O4S. The van der Waals surface area contributed by atoms with E-state index in [0.717, 1.165) is 0 Å². The molecule has 2 fully saturated rings. The third kappa shape index (κ3) is 4.88. The van der Waals surface area contributed by atoms with Crippen LogP contribution in [0.4, 0.5) is 14.6 Å². The minimum absolute atomic E-state index is 0.0183. The Morgan fingerprint density at radius 1 is 1.09 bits per heavy atom. The number of aliphatic hydroxyl groups is 1. The Hall–Kier alpha value is -2.65. The van der Waals surface area contributed by atoms with E-state index in [2.05, 4.69) is 10.3 Å². The number of rotatable bonds is 7. The first-order valence-electron chi connectivity index (χ1n) is 10.5. The van der Waals surface area contributed by atoms with Gasteiger partial charge in [-0.2, -0.15) is 0 Å². The van der Waals surface area contributed by atoms with Gasteiger partial charge in [-0.05, 0) is 60.9 Å². The minimum atomic E-state index is -3.37. The van der Waals surface area contributed by atoms with Crippen LogP contribution >= 0.6 is 0 Å². The number of pyridine rings is 1. The van der Waals surface area contributed by atoms with Gasteiger partial charge in [0.2, 0.25) is 0 Å². The third-order valence-corrected chi connectivity index (χ3v) is 8.08. The largest absolute Gasteiger partial charge is 0.392 e. The summed E-state index contributed by atoms with van der Waals surface area (Å²) in [5, 5.41) is 11.4. The predicted molar refractivity (Wildman–Crippen MR) is 116 cm³/mol. The molecule has 2 N–H and O–H groups in total. The molecule has 1 aromatic heterocycles. The first-order valence-corrected chi connectivity index (χ1v) is 12.0. The highest BCUT2D eigenvalue weighted by atomic mass is 32.2. The number of benzene rings is 1. The van der Waals surface area contributed by atoms with E-state index in [-0.39, 0.29) is 41.0 Å². The molecule has 1 heterocycles. The number of carbonyl (C=O) groups excluding carboxylic acids is 1. The smallest absolute Gasteiger partial charge is 0.257 e. The second-order valence-electron chi connectivity index (χ2n) is 8.28. The molecule has 1 aromatic carbocycles. The molecule has 2 aliphatic rings. The molecule has 0 bridgehead atoms. The van der Waals surface area contributed by atoms with Gasteiger partial charge in [-0.15, -0.1) is 0 Å². The Balaban J connectivity index is 1.62. The van der Waals surface area contributed by atoms with Crippen molar-refractivity contribution in [3.05, 3.63) is 59.8 Å². The SMILES string of the molecule is O=C(Nc1ccc(CO)cn1)C(=CC1C[C@@H](F)[C@@H](F)C1)c1ccc(S(=O)(=O)C2CC2)cc1. The number of nitrogens with one attached hydrogen (secondary N) is 1. The Morgan fingerprint density at radius 3 is 2.28 bits per heavy atom. The number of amides is 1. The van der Waals surface area contributed by atoms with Crippen molar-refractivity contribution in [3.63, 3.8) is 0 Å². The van der Waals surface area contributed by atoms with E-state index < -0.39 is 34.0 Å². The maximum atomic E-state index is 13.7. The highest BCUT2D eigenvalue weighted by Crippen LogP contribution is 2.36. The molecule has 4 rings (SSSR count). The summed E-state index contributed by atoms with van der Waals surface area (Å²) in [5.41, 5.74) is 1.22. The molecular weight excluding hydrogens is 438 g/mol. The molecule has 0 aliphatic heterocycles. The molecule has 32 heavy (non-hydrogen) atoms. The Kier molecular flexibility index (Phi) is 6.39. The van der Waals surface area contributed by atoms with Crippen molar-refractivity contribution < 1.29 is 27.1 Å². The normalized spacial score (nSPS) is 23.8. The minimum Gasteiger partial charge on any atom is -0.392 e. The van der Waals surface area contributed by atoms with Gasteiger partial charge in [-0.3, -0.25) is 4.79 Å². The second-order valence-corrected chi connectivity index (χ2v) is 10.5. The van der Waals surface area contributed by atoms with Gasteiger partial charge < -0.3 is 10.4 Å². The fraction of sp³-hybridized carbons (Fsp3) is 0.391. The number of alkyl halides is 2. The number of sulfone groups is 1. The molecule has 2 saturated carbocycles. The third-order valence-electron chi connectivity index (χ3n) is 5.80. The van der Waals surface area contributed by atoms with Gasteiger partial charge in [0.1, 0.15) is 18.2 Å². The average molecular weight is 463 g/mol. The van der Waals surface area contributed by atoms with Crippen molar-refractivity contribution in [1.82, 2.24) is 4.98 Å². The van der Waals surface area contributed by atoms with Crippen LogP contribution in [-0.4, -0.2) is 42.0 Å². The second kappa shape index (κ2) is 9.07. The van der Waals surface area contributed by atoms with Crippen molar-refractivity contribution >= 4 is 27.1 Å². The first kappa shape index (κ1) is 22.5. The van der Waals surface area contributed by atoms with Gasteiger partial charge in [-0.1, -0.05) is 24.3 Å². The fourth-order valence-electron chi connectivity index (χ4n) is 3.82. The van der Waals surface area contributed by atoms with Crippen LogP contribution in [0.1, 0.15) is 36.8 Å². The van der Waals surface area contributed by atoms with E-state index in [9.17, 15) is 22.0 Å². The lowest BCUT2D eigenvalue weighted by Crippen LogP contribution is -2.16. The van der Waals surface area contributed by atoms with Crippen molar-refractivity contribution in [2.75, 3.05) is 5.32 Å². The molecule has 0 spiro atoms. The molecule has 2 aromatic rings. The van der Waals surface area contributed by atoms with Crippen LogP contribution < -0.4 is 5.32 Å². The maximum Gasteiger partial charge on any atom is 0.257 e. The number of halogens is 2. The number of nitrogens with zero attached hydrogens (tertiary/aromatic N) is 1. The quantitative estimate of drug-likeness (QED) is 0.613. The lowest BCUT2D eigenvalue weighted by atomic mass is 9.98. The summed E-state index contributed by atoms with van der Waals surface area (Å²) in [4.78, 5) is 17.3. The monoisotopic (exact) mass is 462 g/mol. The molecule has 9 heteroatoms. The van der Waals surface area contributed by atoms with E-state index in [1.165, 1.54) is 36.5 Å². The Labute approximate surface area is 185 Å². The summed E-state index contributed by atoms with van der Waals surface area (Å²) < 4.78 is 52.3. The van der Waals surface area contributed by atoms with Crippen LogP contribution in [0.2, 0.25) is 0 Å². The number of carbonyl (C=O) groups is 1. The summed E-state index contributed by atoms with van der Waals surface area (Å²) in [5.74, 6) is -0.727. The van der Waals surface area contributed by atoms with Crippen LogP contribution in [-0.2, 0) is 21.2 Å². The predicted octanol–water partition coefficient (Wildman–Crippen LogP) is 3.62. The van der Waals surface area contributed by atoms with Crippen LogP contribution in [0, 0.1) is 5.92 Å². The number of aliphatic hydroxyl groups excluding tert-OH is 1. The standard InChI is InChI=1S/C23H24F2N2O4S/c24-20-10-15(11-21(20)25)9-19(23(29)27-22-8-1-14(13-28)12-26-22)16-2-4-17(5-3-16)32(30,31)18-6-7-18/h1-5,8-9,12,15,18,20-21,28H,6-7,10-11,13H2,(H,26,27,29)/t15?,20-,21+. The average Bonchev–Trinajstić information content (AvgIpc) is 3.59. The summed E-state index contributed by atoms with van der Waals surface area (Å²) >= 11 is 0. The first-order chi connectivity index (χ1) is 15.3. The topological polar surface area (TPSA) is 96.4 Å². The fourth-order valence-corrected chi connectivity index (χ4v) is 5.47. The number of allylic oxidation sites excluding steroid dienone is 1. The van der Waals surface area contributed by atoms with Gasteiger partial charge in [0.05, 0.1) is 16.8 Å². The molecule has 3 atom stereocenters. The molecule has 170 valence electrons. The van der Waals surface area contributed by atoms with Crippen LogP contribution in [0.15, 0.2) is 53.6 Å². The van der Waals surface area contributed by atoms with Crippen molar-refractivity contribution in [2.45, 2.75) is 54.8 Å². The summed E-state index contributed by atoms with van der Waals surface area (Å²) in [6.07, 6.45) is 1.10. The van der Waals surface area contributed by atoms with Crippen molar-refractivity contribution in [3.8, 4) is 0 Å². The Morgan fingerprint density at radius 2 is 1.75 bits per heavy atom. The number of hydrogen-bond donors (Lipinski definition) is 2. The number of aromatic nitrogens is 1. The Bertz CT molecular complexity index is 1100. The van der Waals surface area contributed by atoms with Crippen molar-refractivity contribution in [1.29, 1.82) is 0 Å². The van der Waals surface area contributed by atoms with Gasteiger partial charge >= 0.3 is 0 Å². The van der Waals surface area contributed by atoms with Gasteiger partial charge in [0.25, 0.3) is 5.91 Å². The zero-order chi connectivity index (χ0) is 22.9. The summed E-state index contributed by atoms with van der Waals surface area (Å²) in [7, 11) is -3.37. The highest BCUT2D eigenvalue weighted by Gasteiger charge is 2.37.